The maximum atomic E-state index is 5.20. The molecule has 2 N–H and O–H groups in total. The van der Waals surface area contributed by atoms with Crippen molar-refractivity contribution in [3.63, 3.8) is 0 Å². The highest BCUT2D eigenvalue weighted by Crippen LogP contribution is 2.13. The smallest absolute Gasteiger partial charge is 0.191 e. The van der Waals surface area contributed by atoms with Crippen molar-refractivity contribution < 1.29 is 4.74 Å². The maximum absolute atomic E-state index is 5.20. The predicted molar refractivity (Wildman–Crippen MR) is 100 cm³/mol. The molecule has 1 saturated heterocycles. The molecule has 1 fully saturated rings. The third kappa shape index (κ3) is 5.80. The zero-order chi connectivity index (χ0) is 17.4. The van der Waals surface area contributed by atoms with Crippen LogP contribution in [0.2, 0.25) is 0 Å². The van der Waals surface area contributed by atoms with Crippen molar-refractivity contribution in [2.24, 2.45) is 4.99 Å². The summed E-state index contributed by atoms with van der Waals surface area (Å²) in [6, 6.07) is 9.60. The minimum Gasteiger partial charge on any atom is -0.380 e. The lowest BCUT2D eigenvalue weighted by Gasteiger charge is -2.35. The van der Waals surface area contributed by atoms with Gasteiger partial charge in [0.2, 0.25) is 0 Å². The fourth-order valence-corrected chi connectivity index (χ4v) is 3.13. The summed E-state index contributed by atoms with van der Waals surface area (Å²) in [5, 5.41) is 6.98. The van der Waals surface area contributed by atoms with Gasteiger partial charge >= 0.3 is 0 Å². The molecule has 0 aromatic heterocycles. The van der Waals surface area contributed by atoms with Crippen molar-refractivity contribution in [3.05, 3.63) is 35.4 Å². The number of likely N-dealkylation sites (tertiary alicyclic amines) is 1. The number of aliphatic imine (C=N–C) groups is 1. The first-order valence-corrected chi connectivity index (χ1v) is 8.90. The summed E-state index contributed by atoms with van der Waals surface area (Å²) in [6.45, 7) is 8.27. The molecule has 2 rings (SSSR count). The Kier molecular flexibility index (Phi) is 7.53. The summed E-state index contributed by atoms with van der Waals surface area (Å²) in [6.07, 6.45) is 2.34. The normalized spacial score (nSPS) is 17.3. The molecule has 0 aliphatic carbocycles. The molecule has 0 saturated carbocycles. The van der Waals surface area contributed by atoms with E-state index < -0.39 is 0 Å². The van der Waals surface area contributed by atoms with Gasteiger partial charge in [0.25, 0.3) is 0 Å². The number of benzene rings is 1. The second kappa shape index (κ2) is 9.64. The standard InChI is InChI=1S/C19H32N4O/c1-15(2)23-10-8-18(9-11-23)22-19(20-3)21-13-16-6-5-7-17(12-16)14-24-4/h5-7,12,15,18H,8-11,13-14H2,1-4H3,(H2,20,21,22). The Bertz CT molecular complexity index is 522. The number of guanidine groups is 1. The first-order chi connectivity index (χ1) is 11.6. The molecule has 1 aliphatic rings. The molecule has 5 nitrogen and oxygen atoms in total. The van der Waals surface area contributed by atoms with Gasteiger partial charge in [-0.25, -0.2) is 0 Å². The van der Waals surface area contributed by atoms with Crippen LogP contribution in [0.25, 0.3) is 0 Å². The molecular formula is C19H32N4O. The van der Waals surface area contributed by atoms with E-state index in [1.165, 1.54) is 24.0 Å². The predicted octanol–water partition coefficient (Wildman–Crippen LogP) is 2.37. The Morgan fingerprint density at radius 1 is 1.29 bits per heavy atom. The van der Waals surface area contributed by atoms with Gasteiger partial charge in [0.1, 0.15) is 0 Å². The van der Waals surface area contributed by atoms with Gasteiger partial charge in [-0.1, -0.05) is 24.3 Å². The summed E-state index contributed by atoms with van der Waals surface area (Å²) in [4.78, 5) is 6.90. The Labute approximate surface area is 146 Å². The molecule has 5 heteroatoms. The lowest BCUT2D eigenvalue weighted by atomic mass is 10.0. The van der Waals surface area contributed by atoms with Gasteiger partial charge in [0.15, 0.2) is 5.96 Å². The van der Waals surface area contributed by atoms with E-state index in [-0.39, 0.29) is 0 Å². The van der Waals surface area contributed by atoms with Crippen LogP contribution in [0.3, 0.4) is 0 Å². The largest absolute Gasteiger partial charge is 0.380 e. The lowest BCUT2D eigenvalue weighted by Crippen LogP contribution is -2.49. The van der Waals surface area contributed by atoms with E-state index in [9.17, 15) is 0 Å². The highest BCUT2D eigenvalue weighted by Gasteiger charge is 2.21. The zero-order valence-electron chi connectivity index (χ0n) is 15.5. The van der Waals surface area contributed by atoms with Crippen molar-refractivity contribution in [1.29, 1.82) is 0 Å². The van der Waals surface area contributed by atoms with E-state index in [4.69, 9.17) is 4.74 Å². The summed E-state index contributed by atoms with van der Waals surface area (Å²) >= 11 is 0. The number of piperidine rings is 1. The van der Waals surface area contributed by atoms with Crippen molar-refractivity contribution in [1.82, 2.24) is 15.5 Å². The van der Waals surface area contributed by atoms with Crippen LogP contribution in [0.5, 0.6) is 0 Å². The van der Waals surface area contributed by atoms with Gasteiger partial charge < -0.3 is 20.3 Å². The zero-order valence-corrected chi connectivity index (χ0v) is 15.5. The second-order valence-corrected chi connectivity index (χ2v) is 6.73. The second-order valence-electron chi connectivity index (χ2n) is 6.73. The van der Waals surface area contributed by atoms with Gasteiger partial charge in [0.05, 0.1) is 6.61 Å². The lowest BCUT2D eigenvalue weighted by molar-refractivity contribution is 0.167. The molecule has 24 heavy (non-hydrogen) atoms. The maximum Gasteiger partial charge on any atom is 0.191 e. The summed E-state index contributed by atoms with van der Waals surface area (Å²) < 4.78 is 5.20. The third-order valence-corrected chi connectivity index (χ3v) is 4.59. The SMILES string of the molecule is CN=C(NCc1cccc(COC)c1)NC1CCN(C(C)C)CC1. The minimum atomic E-state index is 0.506. The third-order valence-electron chi connectivity index (χ3n) is 4.59. The number of nitrogens with zero attached hydrogens (tertiary/aromatic N) is 2. The molecule has 134 valence electrons. The van der Waals surface area contributed by atoms with Crippen molar-refractivity contribution in [2.75, 3.05) is 27.2 Å². The molecule has 0 atom stereocenters. The number of methoxy groups -OCH3 is 1. The molecule has 0 spiro atoms. The fraction of sp³-hybridized carbons (Fsp3) is 0.632. The topological polar surface area (TPSA) is 48.9 Å². The van der Waals surface area contributed by atoms with Gasteiger partial charge in [-0.15, -0.1) is 0 Å². The van der Waals surface area contributed by atoms with Gasteiger partial charge in [-0.3, -0.25) is 4.99 Å². The van der Waals surface area contributed by atoms with Crippen LogP contribution in [0, 0.1) is 0 Å². The monoisotopic (exact) mass is 332 g/mol. The van der Waals surface area contributed by atoms with Gasteiger partial charge in [-0.2, -0.15) is 0 Å². The van der Waals surface area contributed by atoms with Crippen molar-refractivity contribution >= 4 is 5.96 Å². The van der Waals surface area contributed by atoms with Crippen LogP contribution in [-0.4, -0.2) is 50.2 Å². The Hall–Kier alpha value is -1.59. The molecule has 1 aromatic rings. The molecule has 0 unspecified atom stereocenters. The number of hydrogen-bond acceptors (Lipinski definition) is 3. The Morgan fingerprint density at radius 3 is 2.62 bits per heavy atom. The molecule has 1 aromatic carbocycles. The molecule has 0 amide bonds. The number of ether oxygens (including phenoxy) is 1. The quantitative estimate of drug-likeness (QED) is 0.620. The van der Waals surface area contributed by atoms with Crippen LogP contribution >= 0.6 is 0 Å². The first-order valence-electron chi connectivity index (χ1n) is 8.90. The highest BCUT2D eigenvalue weighted by molar-refractivity contribution is 5.79. The molecule has 1 heterocycles. The number of hydrogen-bond donors (Lipinski definition) is 2. The number of rotatable bonds is 6. The summed E-state index contributed by atoms with van der Waals surface area (Å²) in [5.41, 5.74) is 2.43. The van der Waals surface area contributed by atoms with E-state index >= 15 is 0 Å². The van der Waals surface area contributed by atoms with Gasteiger partial charge in [-0.05, 0) is 37.8 Å². The van der Waals surface area contributed by atoms with E-state index in [1.807, 2.05) is 7.05 Å². The molecule has 0 radical (unpaired) electrons. The summed E-state index contributed by atoms with van der Waals surface area (Å²) in [7, 11) is 3.56. The van der Waals surface area contributed by atoms with Crippen LogP contribution in [0.4, 0.5) is 0 Å². The first kappa shape index (κ1) is 18.7. The van der Waals surface area contributed by atoms with Crippen molar-refractivity contribution in [3.8, 4) is 0 Å². The molecular weight excluding hydrogens is 300 g/mol. The van der Waals surface area contributed by atoms with Crippen LogP contribution in [0.15, 0.2) is 29.3 Å². The van der Waals surface area contributed by atoms with E-state index in [0.717, 1.165) is 25.6 Å². The molecule has 0 bridgehead atoms. The Balaban J connectivity index is 1.80. The van der Waals surface area contributed by atoms with Crippen LogP contribution < -0.4 is 10.6 Å². The summed E-state index contributed by atoms with van der Waals surface area (Å²) in [5.74, 6) is 0.884. The average Bonchev–Trinajstić information content (AvgIpc) is 2.59. The van der Waals surface area contributed by atoms with Crippen molar-refractivity contribution in [2.45, 2.75) is 51.9 Å². The average molecular weight is 332 g/mol. The van der Waals surface area contributed by atoms with E-state index in [1.54, 1.807) is 7.11 Å². The Morgan fingerprint density at radius 2 is 2.00 bits per heavy atom. The minimum absolute atomic E-state index is 0.506. The van der Waals surface area contributed by atoms with E-state index in [0.29, 0.717) is 18.7 Å². The molecule has 1 aliphatic heterocycles. The van der Waals surface area contributed by atoms with Gasteiger partial charge in [0, 0.05) is 45.9 Å². The van der Waals surface area contributed by atoms with Crippen LogP contribution in [0.1, 0.15) is 37.8 Å². The van der Waals surface area contributed by atoms with Crippen LogP contribution in [-0.2, 0) is 17.9 Å². The number of nitrogens with one attached hydrogen (secondary N) is 2. The fourth-order valence-electron chi connectivity index (χ4n) is 3.13. The van der Waals surface area contributed by atoms with E-state index in [2.05, 4.69) is 58.6 Å². The highest BCUT2D eigenvalue weighted by atomic mass is 16.5.